The first kappa shape index (κ1) is 18.3. The van der Waals surface area contributed by atoms with Gasteiger partial charge in [0, 0.05) is 23.1 Å². The van der Waals surface area contributed by atoms with E-state index in [1.807, 2.05) is 32.9 Å². The van der Waals surface area contributed by atoms with E-state index in [2.05, 4.69) is 38.7 Å². The van der Waals surface area contributed by atoms with E-state index in [9.17, 15) is 4.79 Å². The van der Waals surface area contributed by atoms with Crippen LogP contribution in [0.15, 0.2) is 28.7 Å². The van der Waals surface area contributed by atoms with Crippen molar-refractivity contribution in [1.82, 2.24) is 10.6 Å². The number of alkyl carbamates (subject to hydrolysis) is 1. The molecule has 5 heteroatoms. The summed E-state index contributed by atoms with van der Waals surface area (Å²) in [5, 5.41) is 6.61. The van der Waals surface area contributed by atoms with Gasteiger partial charge in [-0.3, -0.25) is 0 Å². The highest BCUT2D eigenvalue weighted by Crippen LogP contribution is 2.30. The quantitative estimate of drug-likeness (QED) is 0.794. The summed E-state index contributed by atoms with van der Waals surface area (Å²) < 4.78 is 6.45. The highest BCUT2D eigenvalue weighted by Gasteiger charge is 2.34. The zero-order valence-corrected chi connectivity index (χ0v) is 15.8. The van der Waals surface area contributed by atoms with Gasteiger partial charge in [0.1, 0.15) is 5.60 Å². The molecule has 2 rings (SSSR count). The van der Waals surface area contributed by atoms with Crippen molar-refractivity contribution in [2.45, 2.75) is 64.1 Å². The van der Waals surface area contributed by atoms with Crippen molar-refractivity contribution in [2.24, 2.45) is 0 Å². The first-order valence-corrected chi connectivity index (χ1v) is 9.04. The van der Waals surface area contributed by atoms with Crippen molar-refractivity contribution in [3.8, 4) is 0 Å². The molecule has 1 aliphatic rings. The lowest BCUT2D eigenvalue weighted by Crippen LogP contribution is -2.52. The van der Waals surface area contributed by atoms with Crippen LogP contribution in [0.3, 0.4) is 0 Å². The minimum absolute atomic E-state index is 0.0355. The van der Waals surface area contributed by atoms with E-state index in [1.54, 1.807) is 0 Å². The van der Waals surface area contributed by atoms with Gasteiger partial charge in [0.05, 0.1) is 0 Å². The number of carbonyl (C=O) groups is 1. The van der Waals surface area contributed by atoms with Crippen LogP contribution in [-0.4, -0.2) is 23.8 Å². The fourth-order valence-corrected chi connectivity index (χ4v) is 3.37. The zero-order valence-electron chi connectivity index (χ0n) is 14.2. The molecule has 128 valence electrons. The maximum Gasteiger partial charge on any atom is 0.407 e. The van der Waals surface area contributed by atoms with E-state index in [0.717, 1.165) is 23.9 Å². The third-order valence-electron chi connectivity index (χ3n) is 4.14. The molecule has 0 atom stereocenters. The van der Waals surface area contributed by atoms with Gasteiger partial charge in [0.25, 0.3) is 0 Å². The van der Waals surface area contributed by atoms with Crippen LogP contribution in [0, 0.1) is 0 Å². The van der Waals surface area contributed by atoms with Crippen LogP contribution < -0.4 is 10.6 Å². The SMILES string of the molecule is CC(C)(C)OC(=O)NCC1(NCc2ccccc2Br)CCCC1. The lowest BCUT2D eigenvalue weighted by Gasteiger charge is -2.31. The van der Waals surface area contributed by atoms with Gasteiger partial charge < -0.3 is 15.4 Å². The third-order valence-corrected chi connectivity index (χ3v) is 4.92. The largest absolute Gasteiger partial charge is 0.444 e. The Labute approximate surface area is 147 Å². The van der Waals surface area contributed by atoms with Crippen molar-refractivity contribution in [3.63, 3.8) is 0 Å². The van der Waals surface area contributed by atoms with E-state index in [-0.39, 0.29) is 11.6 Å². The average Bonchev–Trinajstić information content (AvgIpc) is 2.92. The zero-order chi connectivity index (χ0) is 16.9. The number of amides is 1. The monoisotopic (exact) mass is 382 g/mol. The van der Waals surface area contributed by atoms with Crippen LogP contribution in [0.5, 0.6) is 0 Å². The molecule has 23 heavy (non-hydrogen) atoms. The minimum Gasteiger partial charge on any atom is -0.444 e. The molecule has 1 aliphatic carbocycles. The summed E-state index contributed by atoms with van der Waals surface area (Å²) in [6.45, 7) is 7.03. The minimum atomic E-state index is -0.463. The Kier molecular flexibility index (Phi) is 6.09. The lowest BCUT2D eigenvalue weighted by atomic mass is 9.97. The molecule has 0 spiro atoms. The number of halogens is 1. The molecule has 1 fully saturated rings. The first-order chi connectivity index (χ1) is 10.8. The highest BCUT2D eigenvalue weighted by molar-refractivity contribution is 9.10. The Bertz CT molecular complexity index is 534. The molecule has 4 nitrogen and oxygen atoms in total. The smallest absolute Gasteiger partial charge is 0.407 e. The van der Waals surface area contributed by atoms with Crippen molar-refractivity contribution in [3.05, 3.63) is 34.3 Å². The molecule has 0 aliphatic heterocycles. The number of rotatable bonds is 5. The second-order valence-corrected chi connectivity index (χ2v) is 8.14. The van der Waals surface area contributed by atoms with E-state index in [1.165, 1.54) is 18.4 Å². The van der Waals surface area contributed by atoms with E-state index >= 15 is 0 Å². The van der Waals surface area contributed by atoms with Crippen LogP contribution in [0.4, 0.5) is 4.79 Å². The molecule has 0 radical (unpaired) electrons. The molecule has 1 aromatic carbocycles. The molecule has 0 aromatic heterocycles. The van der Waals surface area contributed by atoms with Crippen LogP contribution in [0.1, 0.15) is 52.0 Å². The molecular weight excluding hydrogens is 356 g/mol. The summed E-state index contributed by atoms with van der Waals surface area (Å²) in [5.41, 5.74) is 0.734. The number of hydrogen-bond donors (Lipinski definition) is 2. The normalized spacial score (nSPS) is 17.0. The van der Waals surface area contributed by atoms with E-state index in [4.69, 9.17) is 4.74 Å². The predicted molar refractivity (Wildman–Crippen MR) is 96.4 cm³/mol. The fraction of sp³-hybridized carbons (Fsp3) is 0.611. The van der Waals surface area contributed by atoms with Crippen molar-refractivity contribution in [1.29, 1.82) is 0 Å². The standard InChI is InChI=1S/C18H27BrN2O2/c1-17(2,3)23-16(22)20-13-18(10-6-7-11-18)21-12-14-8-4-5-9-15(14)19/h4-5,8-9,21H,6-7,10-13H2,1-3H3,(H,20,22). The highest BCUT2D eigenvalue weighted by atomic mass is 79.9. The second-order valence-electron chi connectivity index (χ2n) is 7.29. The van der Waals surface area contributed by atoms with E-state index in [0.29, 0.717) is 6.54 Å². The van der Waals surface area contributed by atoms with Crippen molar-refractivity contribution < 1.29 is 9.53 Å². The third kappa shape index (κ3) is 5.81. The average molecular weight is 383 g/mol. The predicted octanol–water partition coefficient (Wildman–Crippen LogP) is 4.38. The van der Waals surface area contributed by atoms with Crippen LogP contribution in [-0.2, 0) is 11.3 Å². The number of carbonyl (C=O) groups excluding carboxylic acids is 1. The van der Waals surface area contributed by atoms with Crippen LogP contribution in [0.25, 0.3) is 0 Å². The van der Waals surface area contributed by atoms with Crippen molar-refractivity contribution >= 4 is 22.0 Å². The molecule has 1 amide bonds. The maximum atomic E-state index is 11.9. The Morgan fingerprint density at radius 2 is 1.91 bits per heavy atom. The van der Waals surface area contributed by atoms with Gasteiger partial charge >= 0.3 is 6.09 Å². The molecular formula is C18H27BrN2O2. The summed E-state index contributed by atoms with van der Waals surface area (Å²) in [5.74, 6) is 0. The summed E-state index contributed by atoms with van der Waals surface area (Å²) in [7, 11) is 0. The number of benzene rings is 1. The Morgan fingerprint density at radius 1 is 1.26 bits per heavy atom. The van der Waals surface area contributed by atoms with Gasteiger partial charge in [-0.2, -0.15) is 0 Å². The van der Waals surface area contributed by atoms with Gasteiger partial charge in [-0.25, -0.2) is 4.79 Å². The van der Waals surface area contributed by atoms with Crippen LogP contribution >= 0.6 is 15.9 Å². The lowest BCUT2D eigenvalue weighted by molar-refractivity contribution is 0.0509. The molecule has 0 unspecified atom stereocenters. The van der Waals surface area contributed by atoms with Crippen LogP contribution in [0.2, 0.25) is 0 Å². The number of ether oxygens (including phenoxy) is 1. The Balaban J connectivity index is 1.92. The molecule has 0 saturated heterocycles. The number of hydrogen-bond acceptors (Lipinski definition) is 3. The molecule has 1 saturated carbocycles. The van der Waals surface area contributed by atoms with Gasteiger partial charge in [-0.1, -0.05) is 47.0 Å². The van der Waals surface area contributed by atoms with Gasteiger partial charge in [0.15, 0.2) is 0 Å². The second kappa shape index (κ2) is 7.67. The van der Waals surface area contributed by atoms with Gasteiger partial charge in [-0.05, 0) is 45.2 Å². The topological polar surface area (TPSA) is 50.4 Å². The molecule has 2 N–H and O–H groups in total. The van der Waals surface area contributed by atoms with Crippen molar-refractivity contribution in [2.75, 3.05) is 6.54 Å². The van der Waals surface area contributed by atoms with E-state index < -0.39 is 5.60 Å². The molecule has 0 heterocycles. The maximum absolute atomic E-state index is 11.9. The molecule has 1 aromatic rings. The fourth-order valence-electron chi connectivity index (χ4n) is 2.95. The summed E-state index contributed by atoms with van der Waals surface area (Å²) in [4.78, 5) is 11.9. The van der Waals surface area contributed by atoms with Gasteiger partial charge in [-0.15, -0.1) is 0 Å². The summed E-state index contributed by atoms with van der Waals surface area (Å²) in [6, 6.07) is 8.23. The Hall–Kier alpha value is -1.07. The number of nitrogens with one attached hydrogen (secondary N) is 2. The van der Waals surface area contributed by atoms with Gasteiger partial charge in [0.2, 0.25) is 0 Å². The molecule has 0 bridgehead atoms. The Morgan fingerprint density at radius 3 is 2.52 bits per heavy atom. The summed E-state index contributed by atoms with van der Waals surface area (Å²) >= 11 is 3.59. The summed E-state index contributed by atoms with van der Waals surface area (Å²) in [6.07, 6.45) is 4.20. The first-order valence-electron chi connectivity index (χ1n) is 8.25.